The Balaban J connectivity index is 4.85. The lowest BCUT2D eigenvalue weighted by Gasteiger charge is -2.22. The van der Waals surface area contributed by atoms with E-state index in [1.807, 2.05) is 5.32 Å². The molecule has 4 unspecified atom stereocenters. The molecule has 13 nitrogen and oxygen atoms in total. The molecule has 13 heteroatoms. The molecule has 0 aliphatic rings. The topological polar surface area (TPSA) is 234 Å². The molecule has 0 spiro atoms. The van der Waals surface area contributed by atoms with Crippen molar-refractivity contribution in [1.29, 1.82) is 0 Å². The number of aliphatic hydroxyl groups is 1. The maximum Gasteiger partial charge on any atom is 0.326 e. The highest BCUT2D eigenvalue weighted by atomic mass is 16.4. The number of carboxylic acids is 2. The van der Waals surface area contributed by atoms with Gasteiger partial charge in [-0.1, -0.05) is 0 Å². The summed E-state index contributed by atoms with van der Waals surface area (Å²) in [4.78, 5) is 57.7. The van der Waals surface area contributed by atoms with E-state index in [0.717, 1.165) is 0 Å². The van der Waals surface area contributed by atoms with E-state index in [2.05, 4.69) is 10.6 Å². The number of carbonyl (C=O) groups excluding carboxylic acids is 3. The zero-order chi connectivity index (χ0) is 22.6. The standard InChI is InChI=1S/C16H29N5O8/c1-8(22)13(18)15(27)21-9(4-2-3-5-17)14(26)19-7-11(23)20-10(16(28)29)6-12(24)25/h8-10,13,22H,2-7,17-18H2,1H3,(H,19,26)(H,20,23)(H,21,27)(H,24,25)(H,28,29). The van der Waals surface area contributed by atoms with Gasteiger partial charge in [-0.3, -0.25) is 19.2 Å². The third-order valence-electron chi connectivity index (χ3n) is 3.84. The molecule has 0 aromatic carbocycles. The van der Waals surface area contributed by atoms with Crippen molar-refractivity contribution >= 4 is 29.7 Å². The molecule has 0 radical (unpaired) electrons. The molecule has 0 heterocycles. The molecule has 0 fully saturated rings. The molecule has 0 aliphatic carbocycles. The van der Waals surface area contributed by atoms with Crippen LogP contribution >= 0.6 is 0 Å². The number of nitrogens with one attached hydrogen (secondary N) is 3. The van der Waals surface area contributed by atoms with Crippen LogP contribution in [-0.4, -0.2) is 82.3 Å². The normalized spacial score (nSPS) is 14.8. The molecule has 166 valence electrons. The summed E-state index contributed by atoms with van der Waals surface area (Å²) in [7, 11) is 0. The van der Waals surface area contributed by atoms with Gasteiger partial charge in [-0.15, -0.1) is 0 Å². The number of rotatable bonds is 14. The Hall–Kier alpha value is -2.77. The number of nitrogens with two attached hydrogens (primary N) is 2. The average Bonchev–Trinajstić information content (AvgIpc) is 2.63. The molecule has 0 saturated carbocycles. The highest BCUT2D eigenvalue weighted by Crippen LogP contribution is 2.02. The minimum absolute atomic E-state index is 0.194. The first-order chi connectivity index (χ1) is 13.5. The van der Waals surface area contributed by atoms with Crippen LogP contribution in [0.4, 0.5) is 0 Å². The van der Waals surface area contributed by atoms with E-state index in [0.29, 0.717) is 19.4 Å². The predicted octanol–water partition coefficient (Wildman–Crippen LogP) is -3.53. The van der Waals surface area contributed by atoms with E-state index in [4.69, 9.17) is 21.7 Å². The van der Waals surface area contributed by atoms with Crippen LogP contribution in [0.3, 0.4) is 0 Å². The first kappa shape index (κ1) is 26.2. The van der Waals surface area contributed by atoms with Crippen molar-refractivity contribution in [2.45, 2.75) is 56.8 Å². The summed E-state index contributed by atoms with van der Waals surface area (Å²) in [5.41, 5.74) is 10.9. The monoisotopic (exact) mass is 419 g/mol. The fraction of sp³-hybridized carbons (Fsp3) is 0.688. The first-order valence-electron chi connectivity index (χ1n) is 8.95. The molecule has 29 heavy (non-hydrogen) atoms. The molecule has 10 N–H and O–H groups in total. The number of aliphatic hydroxyl groups excluding tert-OH is 1. The molecule has 0 aromatic rings. The number of amides is 3. The van der Waals surface area contributed by atoms with Crippen LogP contribution < -0.4 is 27.4 Å². The maximum absolute atomic E-state index is 12.3. The molecule has 0 saturated heterocycles. The van der Waals surface area contributed by atoms with Gasteiger partial charge in [0.1, 0.15) is 18.1 Å². The van der Waals surface area contributed by atoms with Crippen LogP contribution in [0.2, 0.25) is 0 Å². The Bertz CT molecular complexity index is 598. The molecular formula is C16H29N5O8. The van der Waals surface area contributed by atoms with E-state index in [1.54, 1.807) is 0 Å². The van der Waals surface area contributed by atoms with Gasteiger partial charge in [0, 0.05) is 0 Å². The molecule has 0 aromatic heterocycles. The SMILES string of the molecule is CC(O)C(N)C(=O)NC(CCCCN)C(=O)NCC(=O)NC(CC(=O)O)C(=O)O. The highest BCUT2D eigenvalue weighted by molar-refractivity contribution is 5.93. The van der Waals surface area contributed by atoms with Crippen molar-refractivity contribution in [3.63, 3.8) is 0 Å². The molecule has 3 amide bonds. The van der Waals surface area contributed by atoms with Crippen molar-refractivity contribution < 1.29 is 39.3 Å². The highest BCUT2D eigenvalue weighted by Gasteiger charge is 2.27. The molecule has 0 rings (SSSR count). The van der Waals surface area contributed by atoms with Gasteiger partial charge >= 0.3 is 11.9 Å². The Morgan fingerprint density at radius 1 is 0.966 bits per heavy atom. The van der Waals surface area contributed by atoms with E-state index < -0.39 is 66.9 Å². The van der Waals surface area contributed by atoms with Crippen molar-refractivity contribution in [3.8, 4) is 0 Å². The van der Waals surface area contributed by atoms with Gasteiger partial charge in [0.05, 0.1) is 19.1 Å². The Morgan fingerprint density at radius 2 is 1.59 bits per heavy atom. The third kappa shape index (κ3) is 11.0. The van der Waals surface area contributed by atoms with Crippen molar-refractivity contribution in [1.82, 2.24) is 16.0 Å². The summed E-state index contributed by atoms with van der Waals surface area (Å²) in [6, 6.07) is -3.96. The smallest absolute Gasteiger partial charge is 0.326 e. The Morgan fingerprint density at radius 3 is 2.07 bits per heavy atom. The zero-order valence-electron chi connectivity index (χ0n) is 16.1. The second-order valence-electron chi connectivity index (χ2n) is 6.39. The van der Waals surface area contributed by atoms with Gasteiger partial charge < -0.3 is 42.7 Å². The van der Waals surface area contributed by atoms with Gasteiger partial charge in [0.25, 0.3) is 0 Å². The Labute approximate surface area is 167 Å². The van der Waals surface area contributed by atoms with Crippen LogP contribution in [0.15, 0.2) is 0 Å². The van der Waals surface area contributed by atoms with E-state index in [1.165, 1.54) is 6.92 Å². The van der Waals surface area contributed by atoms with Crippen LogP contribution in [0, 0.1) is 0 Å². The third-order valence-corrected chi connectivity index (χ3v) is 3.84. The van der Waals surface area contributed by atoms with Gasteiger partial charge in [-0.2, -0.15) is 0 Å². The second-order valence-corrected chi connectivity index (χ2v) is 6.39. The van der Waals surface area contributed by atoms with Crippen molar-refractivity contribution in [2.75, 3.05) is 13.1 Å². The lowest BCUT2D eigenvalue weighted by Crippen LogP contribution is -2.55. The van der Waals surface area contributed by atoms with E-state index in [-0.39, 0.29) is 6.42 Å². The number of carbonyl (C=O) groups is 5. The lowest BCUT2D eigenvalue weighted by atomic mass is 10.1. The number of hydrogen-bond donors (Lipinski definition) is 8. The van der Waals surface area contributed by atoms with Gasteiger partial charge in [-0.05, 0) is 32.7 Å². The summed E-state index contributed by atoms with van der Waals surface area (Å²) in [6.45, 7) is 1.06. The summed E-state index contributed by atoms with van der Waals surface area (Å²) >= 11 is 0. The number of unbranched alkanes of at least 4 members (excludes halogenated alkanes) is 1. The van der Waals surface area contributed by atoms with Crippen molar-refractivity contribution in [3.05, 3.63) is 0 Å². The van der Waals surface area contributed by atoms with Gasteiger partial charge in [0.2, 0.25) is 17.7 Å². The molecule has 4 atom stereocenters. The van der Waals surface area contributed by atoms with E-state index >= 15 is 0 Å². The first-order valence-corrected chi connectivity index (χ1v) is 8.95. The summed E-state index contributed by atoms with van der Waals surface area (Å²) in [5, 5.41) is 33.5. The van der Waals surface area contributed by atoms with Crippen LogP contribution in [0.25, 0.3) is 0 Å². The minimum Gasteiger partial charge on any atom is -0.481 e. The number of hydrogen-bond acceptors (Lipinski definition) is 8. The maximum atomic E-state index is 12.3. The largest absolute Gasteiger partial charge is 0.481 e. The number of aliphatic carboxylic acids is 2. The average molecular weight is 419 g/mol. The fourth-order valence-electron chi connectivity index (χ4n) is 2.16. The molecule has 0 bridgehead atoms. The Kier molecular flexibility index (Phi) is 12.1. The quantitative estimate of drug-likeness (QED) is 0.129. The molecule has 0 aliphatic heterocycles. The van der Waals surface area contributed by atoms with Crippen LogP contribution in [0.1, 0.15) is 32.6 Å². The molecular weight excluding hydrogens is 390 g/mol. The predicted molar refractivity (Wildman–Crippen MR) is 99.3 cm³/mol. The number of carboxylic acid groups (broad SMARTS) is 2. The van der Waals surface area contributed by atoms with Gasteiger partial charge in [-0.25, -0.2) is 4.79 Å². The van der Waals surface area contributed by atoms with E-state index in [9.17, 15) is 29.1 Å². The summed E-state index contributed by atoms with van der Waals surface area (Å²) in [5.74, 6) is -5.36. The minimum atomic E-state index is -1.65. The van der Waals surface area contributed by atoms with Crippen LogP contribution in [-0.2, 0) is 24.0 Å². The van der Waals surface area contributed by atoms with Crippen LogP contribution in [0.5, 0.6) is 0 Å². The zero-order valence-corrected chi connectivity index (χ0v) is 16.1. The lowest BCUT2D eigenvalue weighted by molar-refractivity contribution is -0.147. The summed E-state index contributed by atoms with van der Waals surface area (Å²) in [6.07, 6.45) is -0.706. The van der Waals surface area contributed by atoms with Gasteiger partial charge in [0.15, 0.2) is 0 Å². The van der Waals surface area contributed by atoms with Crippen molar-refractivity contribution in [2.24, 2.45) is 11.5 Å². The fourth-order valence-corrected chi connectivity index (χ4v) is 2.16. The second kappa shape index (κ2) is 13.4. The summed E-state index contributed by atoms with van der Waals surface area (Å²) < 4.78 is 0.